The van der Waals surface area contributed by atoms with Crippen LogP contribution in [0.15, 0.2) is 89.7 Å². The quantitative estimate of drug-likeness (QED) is 0.241. The Labute approximate surface area is 244 Å². The Hall–Kier alpha value is -3.94. The van der Waals surface area contributed by atoms with Crippen molar-refractivity contribution in [3.05, 3.63) is 129 Å². The van der Waals surface area contributed by atoms with Crippen LogP contribution in [0.25, 0.3) is 0 Å². The molecule has 1 aliphatic rings. The Morgan fingerprint density at radius 2 is 1.59 bits per heavy atom. The maximum Gasteiger partial charge on any atom is 0.294 e. The fourth-order valence-electron chi connectivity index (χ4n) is 5.67. The van der Waals surface area contributed by atoms with Gasteiger partial charge in [0, 0.05) is 29.9 Å². The van der Waals surface area contributed by atoms with Crippen LogP contribution in [0, 0.1) is 0 Å². The van der Waals surface area contributed by atoms with Crippen molar-refractivity contribution in [2.45, 2.75) is 50.7 Å². The highest BCUT2D eigenvalue weighted by Gasteiger charge is 2.37. The fourth-order valence-corrected chi connectivity index (χ4v) is 5.80. The van der Waals surface area contributed by atoms with Crippen LogP contribution in [0.4, 0.5) is 0 Å². The predicted octanol–water partition coefficient (Wildman–Crippen LogP) is 5.69. The number of aromatic amines is 1. The summed E-state index contributed by atoms with van der Waals surface area (Å²) < 4.78 is 5.97. The van der Waals surface area contributed by atoms with Crippen LogP contribution < -0.4 is 10.3 Å². The van der Waals surface area contributed by atoms with E-state index in [1.165, 1.54) is 4.90 Å². The Morgan fingerprint density at radius 1 is 0.951 bits per heavy atom. The van der Waals surface area contributed by atoms with E-state index in [9.17, 15) is 14.7 Å². The van der Waals surface area contributed by atoms with E-state index in [2.05, 4.69) is 4.98 Å². The minimum Gasteiger partial charge on any atom is -0.481 e. The fraction of sp³-hybridized carbons (Fsp3) is 0.303. The summed E-state index contributed by atoms with van der Waals surface area (Å²) in [5.41, 5.74) is 2.14. The molecule has 0 spiro atoms. The van der Waals surface area contributed by atoms with Crippen LogP contribution in [0.1, 0.15) is 58.7 Å². The summed E-state index contributed by atoms with van der Waals surface area (Å²) in [5.74, 6) is -0.151. The Balaban J connectivity index is 1.52. The Morgan fingerprint density at radius 3 is 2.22 bits per heavy atom. The first kappa shape index (κ1) is 28.6. The standard InChI is InChI=1S/C33H34ClN3O4/c34-27-15-13-26(14-16-27)33(17-7-8-18-33)21-28-35-29(30(31(39)36-28)41-23-25-11-5-2-6-12-25)32(40)37(19-20-38)22-24-9-3-1-4-10-24/h1-6,9-16,38H,7-8,17-23H2,(H,35,36,39). The second-order valence-electron chi connectivity index (χ2n) is 10.6. The van der Waals surface area contributed by atoms with Crippen molar-refractivity contribution in [1.82, 2.24) is 14.9 Å². The van der Waals surface area contributed by atoms with Gasteiger partial charge in [0.2, 0.25) is 5.75 Å². The zero-order chi connectivity index (χ0) is 28.7. The smallest absolute Gasteiger partial charge is 0.294 e. The maximum atomic E-state index is 14.0. The van der Waals surface area contributed by atoms with E-state index in [1.807, 2.05) is 84.9 Å². The van der Waals surface area contributed by atoms with Crippen LogP contribution >= 0.6 is 11.6 Å². The summed E-state index contributed by atoms with van der Waals surface area (Å²) in [6.45, 7) is 0.231. The Kier molecular flexibility index (Phi) is 9.17. The zero-order valence-corrected chi connectivity index (χ0v) is 23.6. The first-order chi connectivity index (χ1) is 20.0. The van der Waals surface area contributed by atoms with Gasteiger partial charge in [-0.3, -0.25) is 9.59 Å². The van der Waals surface area contributed by atoms with Crippen molar-refractivity contribution in [2.24, 2.45) is 0 Å². The average Bonchev–Trinajstić information content (AvgIpc) is 3.46. The minimum absolute atomic E-state index is 0.0479. The molecule has 8 heteroatoms. The number of aliphatic hydroxyl groups is 1. The lowest BCUT2D eigenvalue weighted by molar-refractivity contribution is 0.0695. The van der Waals surface area contributed by atoms with E-state index in [1.54, 1.807) is 0 Å². The highest BCUT2D eigenvalue weighted by Crippen LogP contribution is 2.43. The van der Waals surface area contributed by atoms with Crippen LogP contribution in [-0.2, 0) is 25.0 Å². The number of hydrogen-bond donors (Lipinski definition) is 2. The Bertz CT molecular complexity index is 1500. The number of H-pyrrole nitrogens is 1. The van der Waals surface area contributed by atoms with Crippen molar-refractivity contribution in [1.29, 1.82) is 0 Å². The number of ether oxygens (including phenoxy) is 1. The van der Waals surface area contributed by atoms with Crippen molar-refractivity contribution < 1.29 is 14.6 Å². The number of aromatic nitrogens is 2. The summed E-state index contributed by atoms with van der Waals surface area (Å²) >= 11 is 6.17. The first-order valence-electron chi connectivity index (χ1n) is 14.0. The van der Waals surface area contributed by atoms with Crippen molar-refractivity contribution >= 4 is 17.5 Å². The van der Waals surface area contributed by atoms with Gasteiger partial charge in [0.05, 0.1) is 6.61 Å². The van der Waals surface area contributed by atoms with Gasteiger partial charge in [-0.1, -0.05) is 97.2 Å². The predicted molar refractivity (Wildman–Crippen MR) is 159 cm³/mol. The van der Waals surface area contributed by atoms with Crippen LogP contribution in [0.2, 0.25) is 5.02 Å². The third kappa shape index (κ3) is 6.87. The van der Waals surface area contributed by atoms with Crippen molar-refractivity contribution in [3.8, 4) is 5.75 Å². The van der Waals surface area contributed by atoms with Gasteiger partial charge < -0.3 is 19.7 Å². The number of aliphatic hydroxyl groups excluding tert-OH is 1. The molecule has 212 valence electrons. The molecule has 41 heavy (non-hydrogen) atoms. The summed E-state index contributed by atoms with van der Waals surface area (Å²) in [6, 6.07) is 26.8. The van der Waals surface area contributed by atoms with E-state index in [-0.39, 0.29) is 43.2 Å². The van der Waals surface area contributed by atoms with E-state index >= 15 is 0 Å². The van der Waals surface area contributed by atoms with Gasteiger partial charge in [-0.05, 0) is 41.7 Å². The second-order valence-corrected chi connectivity index (χ2v) is 11.0. The van der Waals surface area contributed by atoms with E-state index in [4.69, 9.17) is 21.3 Å². The number of benzene rings is 3. The number of hydrogen-bond acceptors (Lipinski definition) is 5. The van der Waals surface area contributed by atoms with E-state index in [0.29, 0.717) is 17.3 Å². The first-order valence-corrected chi connectivity index (χ1v) is 14.4. The number of amides is 1. The molecule has 1 heterocycles. The van der Waals surface area contributed by atoms with E-state index in [0.717, 1.165) is 42.4 Å². The van der Waals surface area contributed by atoms with Gasteiger partial charge >= 0.3 is 0 Å². The SMILES string of the molecule is O=C(c1nc(CC2(c3ccc(Cl)cc3)CCCC2)[nH]c(=O)c1OCc1ccccc1)N(CCO)Cc1ccccc1. The number of carbonyl (C=O) groups is 1. The molecule has 0 unspecified atom stereocenters. The van der Waals surface area contributed by atoms with Crippen LogP contribution in [0.3, 0.4) is 0 Å². The highest BCUT2D eigenvalue weighted by atomic mass is 35.5. The van der Waals surface area contributed by atoms with Crippen LogP contribution in [-0.4, -0.2) is 39.0 Å². The molecule has 1 fully saturated rings. The molecule has 0 aliphatic heterocycles. The summed E-state index contributed by atoms with van der Waals surface area (Å²) in [7, 11) is 0. The van der Waals surface area contributed by atoms with Gasteiger partial charge in [0.15, 0.2) is 5.69 Å². The number of rotatable bonds is 11. The number of nitrogens with one attached hydrogen (secondary N) is 1. The van der Waals surface area contributed by atoms with E-state index < -0.39 is 11.5 Å². The van der Waals surface area contributed by atoms with Gasteiger partial charge in [-0.15, -0.1) is 0 Å². The summed E-state index contributed by atoms with van der Waals surface area (Å²) in [5, 5.41) is 10.5. The summed E-state index contributed by atoms with van der Waals surface area (Å²) in [6.07, 6.45) is 4.50. The molecule has 0 atom stereocenters. The molecule has 0 bridgehead atoms. The van der Waals surface area contributed by atoms with Crippen molar-refractivity contribution in [2.75, 3.05) is 13.2 Å². The molecule has 2 N–H and O–H groups in total. The molecule has 4 aromatic rings. The lowest BCUT2D eigenvalue weighted by atomic mass is 9.76. The molecule has 7 nitrogen and oxygen atoms in total. The third-order valence-electron chi connectivity index (χ3n) is 7.75. The lowest BCUT2D eigenvalue weighted by Gasteiger charge is -2.30. The number of carbonyl (C=O) groups excluding carboxylic acids is 1. The topological polar surface area (TPSA) is 95.5 Å². The molecular formula is C33H34ClN3O4. The second kappa shape index (κ2) is 13.1. The molecule has 1 aromatic heterocycles. The molecule has 1 amide bonds. The molecule has 0 saturated heterocycles. The van der Waals surface area contributed by atoms with Gasteiger partial charge in [0.25, 0.3) is 11.5 Å². The van der Waals surface area contributed by atoms with Gasteiger partial charge in [0.1, 0.15) is 12.4 Å². The molecular weight excluding hydrogens is 538 g/mol. The number of halogens is 1. The normalized spacial score (nSPS) is 14.1. The monoisotopic (exact) mass is 571 g/mol. The van der Waals surface area contributed by atoms with Crippen LogP contribution in [0.5, 0.6) is 5.75 Å². The summed E-state index contributed by atoms with van der Waals surface area (Å²) in [4.78, 5) is 36.7. The zero-order valence-electron chi connectivity index (χ0n) is 22.9. The molecule has 1 aliphatic carbocycles. The van der Waals surface area contributed by atoms with Gasteiger partial charge in [-0.2, -0.15) is 0 Å². The number of nitrogens with zero attached hydrogens (tertiary/aromatic N) is 2. The molecule has 5 rings (SSSR count). The van der Waals surface area contributed by atoms with Crippen molar-refractivity contribution in [3.63, 3.8) is 0 Å². The minimum atomic E-state index is -0.498. The lowest BCUT2D eigenvalue weighted by Crippen LogP contribution is -2.36. The molecule has 1 saturated carbocycles. The maximum absolute atomic E-state index is 14.0. The molecule has 3 aromatic carbocycles. The highest BCUT2D eigenvalue weighted by molar-refractivity contribution is 6.30. The molecule has 0 radical (unpaired) electrons. The average molecular weight is 572 g/mol. The van der Waals surface area contributed by atoms with Gasteiger partial charge in [-0.25, -0.2) is 4.98 Å². The third-order valence-corrected chi connectivity index (χ3v) is 8.00. The largest absolute Gasteiger partial charge is 0.481 e.